The lowest BCUT2D eigenvalue weighted by Gasteiger charge is -2.05. The number of hydrogen-bond acceptors (Lipinski definition) is 3. The van der Waals surface area contributed by atoms with Crippen LogP contribution in [0.1, 0.15) is 23.4 Å². The van der Waals surface area contributed by atoms with E-state index in [-0.39, 0.29) is 6.42 Å². The topological polar surface area (TPSA) is 50.2 Å². The van der Waals surface area contributed by atoms with Gasteiger partial charge in [-0.3, -0.25) is 4.79 Å². The maximum atomic E-state index is 11.1. The molecule has 3 nitrogen and oxygen atoms in total. The second-order valence-electron chi connectivity index (χ2n) is 6.54. The summed E-state index contributed by atoms with van der Waals surface area (Å²) in [7, 11) is 0. The van der Waals surface area contributed by atoms with Gasteiger partial charge in [0.1, 0.15) is 5.01 Å². The van der Waals surface area contributed by atoms with Gasteiger partial charge in [0.2, 0.25) is 0 Å². The van der Waals surface area contributed by atoms with E-state index in [0.29, 0.717) is 6.42 Å². The Morgan fingerprint density at radius 2 is 1.54 bits per heavy atom. The lowest BCUT2D eigenvalue weighted by atomic mass is 10.0. The molecule has 4 heteroatoms. The third-order valence-corrected chi connectivity index (χ3v) is 5.65. The van der Waals surface area contributed by atoms with E-state index in [1.54, 1.807) is 11.3 Å². The number of benzene rings is 3. The van der Waals surface area contributed by atoms with Gasteiger partial charge in [0, 0.05) is 6.42 Å². The number of rotatable bonds is 6. The van der Waals surface area contributed by atoms with Crippen LogP contribution < -0.4 is 0 Å². The summed E-state index contributed by atoms with van der Waals surface area (Å²) in [5, 5.41) is 10.0. The molecule has 1 heterocycles. The fraction of sp³-hybridized carbons (Fsp3) is 0.0833. The number of allylic oxidation sites excluding steroid dienone is 1. The van der Waals surface area contributed by atoms with Gasteiger partial charge < -0.3 is 5.11 Å². The van der Waals surface area contributed by atoms with Crippen LogP contribution in [-0.2, 0) is 4.79 Å². The lowest BCUT2D eigenvalue weighted by molar-refractivity contribution is -0.136. The van der Waals surface area contributed by atoms with E-state index < -0.39 is 5.97 Å². The Hall–Kier alpha value is -3.24. The van der Waals surface area contributed by atoms with Crippen molar-refractivity contribution in [2.75, 3.05) is 0 Å². The number of para-hydroxylation sites is 1. The van der Waals surface area contributed by atoms with Crippen molar-refractivity contribution in [3.05, 3.63) is 89.4 Å². The van der Waals surface area contributed by atoms with Crippen LogP contribution in [0.15, 0.2) is 78.9 Å². The van der Waals surface area contributed by atoms with E-state index >= 15 is 0 Å². The molecule has 0 amide bonds. The highest BCUT2D eigenvalue weighted by Gasteiger charge is 2.11. The summed E-state index contributed by atoms with van der Waals surface area (Å²) in [6.07, 6.45) is 2.59. The van der Waals surface area contributed by atoms with Gasteiger partial charge in [0.15, 0.2) is 0 Å². The number of aliphatic carboxylic acids is 1. The Balaban J connectivity index is 1.67. The fourth-order valence-corrected chi connectivity index (χ4v) is 4.10. The Kier molecular flexibility index (Phi) is 5.31. The maximum absolute atomic E-state index is 11.1. The van der Waals surface area contributed by atoms with Gasteiger partial charge in [-0.05, 0) is 46.9 Å². The molecule has 0 unspecified atom stereocenters. The molecule has 0 spiro atoms. The summed E-state index contributed by atoms with van der Waals surface area (Å²) in [6, 6.07) is 26.5. The fourth-order valence-electron chi connectivity index (χ4n) is 3.10. The van der Waals surface area contributed by atoms with Crippen molar-refractivity contribution in [1.29, 1.82) is 0 Å². The zero-order valence-electron chi connectivity index (χ0n) is 15.2. The molecule has 0 fully saturated rings. The van der Waals surface area contributed by atoms with Gasteiger partial charge in [0.05, 0.1) is 10.2 Å². The Morgan fingerprint density at radius 3 is 2.25 bits per heavy atom. The van der Waals surface area contributed by atoms with Crippen LogP contribution in [0.2, 0.25) is 0 Å². The van der Waals surface area contributed by atoms with Crippen molar-refractivity contribution in [3.8, 4) is 11.1 Å². The molecule has 4 aromatic rings. The molecule has 0 aliphatic rings. The number of nitrogens with zero attached hydrogens (tertiary/aromatic N) is 1. The molecule has 0 aliphatic carbocycles. The number of carboxylic acids is 1. The molecule has 0 saturated heterocycles. The molecule has 0 atom stereocenters. The minimum atomic E-state index is -0.800. The van der Waals surface area contributed by atoms with Crippen LogP contribution in [0.4, 0.5) is 0 Å². The minimum Gasteiger partial charge on any atom is -0.481 e. The predicted octanol–water partition coefficient (Wildman–Crippen LogP) is 6.37. The summed E-state index contributed by atoms with van der Waals surface area (Å²) < 4.78 is 1.11. The standard InChI is InChI=1S/C24H19NO2S/c26-23(27)15-14-20(24-25-21-8-4-5-9-22(21)28-24)16-17-10-12-19(13-11-17)18-6-2-1-3-7-18/h1-13,16H,14-15H2,(H,26,27). The first-order valence-electron chi connectivity index (χ1n) is 9.13. The molecule has 1 aromatic heterocycles. The van der Waals surface area contributed by atoms with Crippen LogP contribution in [-0.4, -0.2) is 16.1 Å². The number of aromatic nitrogens is 1. The van der Waals surface area contributed by atoms with E-state index in [0.717, 1.165) is 31.9 Å². The van der Waals surface area contributed by atoms with Crippen LogP contribution in [0.25, 0.3) is 33.0 Å². The predicted molar refractivity (Wildman–Crippen MR) is 116 cm³/mol. The molecular formula is C24H19NO2S. The minimum absolute atomic E-state index is 0.0872. The van der Waals surface area contributed by atoms with Crippen LogP contribution in [0.3, 0.4) is 0 Å². The Morgan fingerprint density at radius 1 is 0.857 bits per heavy atom. The number of carbonyl (C=O) groups is 1. The molecule has 0 bridgehead atoms. The SMILES string of the molecule is O=C(O)CCC(=Cc1ccc(-c2ccccc2)cc1)c1nc2ccccc2s1. The summed E-state index contributed by atoms with van der Waals surface area (Å²) in [6.45, 7) is 0. The number of fused-ring (bicyclic) bond motifs is 1. The largest absolute Gasteiger partial charge is 0.481 e. The van der Waals surface area contributed by atoms with Gasteiger partial charge in [-0.2, -0.15) is 0 Å². The molecule has 0 saturated carbocycles. The van der Waals surface area contributed by atoms with Crippen molar-refractivity contribution in [1.82, 2.24) is 4.98 Å². The first-order chi connectivity index (χ1) is 13.7. The van der Waals surface area contributed by atoms with E-state index in [2.05, 4.69) is 42.5 Å². The molecular weight excluding hydrogens is 366 g/mol. The third-order valence-electron chi connectivity index (χ3n) is 4.54. The first kappa shape index (κ1) is 18.1. The van der Waals surface area contributed by atoms with Gasteiger partial charge in [-0.1, -0.05) is 66.7 Å². The maximum Gasteiger partial charge on any atom is 0.303 e. The van der Waals surface area contributed by atoms with Crippen molar-refractivity contribution < 1.29 is 9.90 Å². The number of thiazole rings is 1. The second kappa shape index (κ2) is 8.19. The van der Waals surface area contributed by atoms with Gasteiger partial charge in [-0.25, -0.2) is 4.98 Å². The summed E-state index contributed by atoms with van der Waals surface area (Å²) in [5.41, 5.74) is 5.28. The monoisotopic (exact) mass is 385 g/mol. The lowest BCUT2D eigenvalue weighted by Crippen LogP contribution is -1.95. The molecule has 3 aromatic carbocycles. The smallest absolute Gasteiger partial charge is 0.303 e. The van der Waals surface area contributed by atoms with E-state index in [9.17, 15) is 4.79 Å². The zero-order chi connectivity index (χ0) is 19.3. The zero-order valence-corrected chi connectivity index (χ0v) is 16.0. The van der Waals surface area contributed by atoms with Crippen LogP contribution in [0, 0.1) is 0 Å². The normalized spacial score (nSPS) is 11.6. The summed E-state index contributed by atoms with van der Waals surface area (Å²) >= 11 is 1.60. The second-order valence-corrected chi connectivity index (χ2v) is 7.57. The molecule has 0 radical (unpaired) electrons. The highest BCUT2D eigenvalue weighted by Crippen LogP contribution is 2.31. The van der Waals surface area contributed by atoms with Crippen molar-refractivity contribution >= 4 is 39.2 Å². The van der Waals surface area contributed by atoms with Crippen LogP contribution in [0.5, 0.6) is 0 Å². The van der Waals surface area contributed by atoms with E-state index in [4.69, 9.17) is 10.1 Å². The van der Waals surface area contributed by atoms with Gasteiger partial charge >= 0.3 is 5.97 Å². The average Bonchev–Trinajstić information content (AvgIpc) is 3.16. The molecule has 138 valence electrons. The molecule has 0 aliphatic heterocycles. The number of hydrogen-bond donors (Lipinski definition) is 1. The highest BCUT2D eigenvalue weighted by atomic mass is 32.1. The Bertz CT molecular complexity index is 1100. The average molecular weight is 385 g/mol. The van der Waals surface area contributed by atoms with Crippen molar-refractivity contribution in [2.24, 2.45) is 0 Å². The van der Waals surface area contributed by atoms with Gasteiger partial charge in [0.25, 0.3) is 0 Å². The Labute approximate surface area is 167 Å². The first-order valence-corrected chi connectivity index (χ1v) is 9.94. The van der Waals surface area contributed by atoms with Gasteiger partial charge in [-0.15, -0.1) is 11.3 Å². The molecule has 4 rings (SSSR count). The third kappa shape index (κ3) is 4.18. The highest BCUT2D eigenvalue weighted by molar-refractivity contribution is 7.19. The molecule has 1 N–H and O–H groups in total. The van der Waals surface area contributed by atoms with E-state index in [1.165, 1.54) is 5.56 Å². The van der Waals surface area contributed by atoms with Crippen molar-refractivity contribution in [2.45, 2.75) is 12.8 Å². The summed E-state index contributed by atoms with van der Waals surface area (Å²) in [4.78, 5) is 15.8. The quantitative estimate of drug-likeness (QED) is 0.420. The van der Waals surface area contributed by atoms with Crippen LogP contribution >= 0.6 is 11.3 Å². The van der Waals surface area contributed by atoms with E-state index in [1.807, 2.05) is 42.5 Å². The summed E-state index contributed by atoms with van der Waals surface area (Å²) in [5.74, 6) is -0.800. The van der Waals surface area contributed by atoms with Crippen molar-refractivity contribution in [3.63, 3.8) is 0 Å². The molecule has 28 heavy (non-hydrogen) atoms. The number of carboxylic acid groups (broad SMARTS) is 1.